The molecule has 1 aliphatic carbocycles. The number of aliphatic hydroxyl groups is 1. The van der Waals surface area contributed by atoms with E-state index in [0.717, 1.165) is 17.6 Å². The lowest BCUT2D eigenvalue weighted by Crippen LogP contribution is -1.96. The van der Waals surface area contributed by atoms with Crippen LogP contribution in [-0.2, 0) is 0 Å². The monoisotopic (exact) mass is 135 g/mol. The molecule has 0 unspecified atom stereocenters. The predicted octanol–water partition coefficient (Wildman–Crippen LogP) is 2.54. The molecule has 0 atom stereocenters. The largest absolute Gasteiger partial charge is 0.507 e. The fourth-order valence-corrected chi connectivity index (χ4v) is 0.964. The van der Waals surface area contributed by atoms with Crippen molar-refractivity contribution in [1.29, 1.82) is 0 Å². The van der Waals surface area contributed by atoms with E-state index in [1.807, 2.05) is 19.4 Å². The summed E-state index contributed by atoms with van der Waals surface area (Å²) < 4.78 is 0. The zero-order valence-corrected chi connectivity index (χ0v) is 6.09. The van der Waals surface area contributed by atoms with Gasteiger partial charge in [0, 0.05) is 5.57 Å². The third-order valence-electron chi connectivity index (χ3n) is 1.63. The minimum Gasteiger partial charge on any atom is -0.507 e. The normalized spacial score (nSPS) is 18.7. The van der Waals surface area contributed by atoms with Crippen molar-refractivity contribution in [2.75, 3.05) is 0 Å². The third kappa shape index (κ3) is 1.13. The summed E-state index contributed by atoms with van der Waals surface area (Å²) in [6, 6.07) is 0. The number of rotatable bonds is 1. The maximum Gasteiger partial charge on any atom is 0.121 e. The van der Waals surface area contributed by atoms with Gasteiger partial charge in [-0.25, -0.2) is 0 Å². The Balaban J connectivity index is 2.94. The van der Waals surface area contributed by atoms with Gasteiger partial charge in [-0.05, 0) is 25.3 Å². The Morgan fingerprint density at radius 3 is 2.90 bits per heavy atom. The van der Waals surface area contributed by atoms with Gasteiger partial charge in [-0.1, -0.05) is 18.7 Å². The van der Waals surface area contributed by atoms with Crippen LogP contribution in [0.5, 0.6) is 0 Å². The van der Waals surface area contributed by atoms with Crippen LogP contribution in [0.3, 0.4) is 0 Å². The summed E-state index contributed by atoms with van der Waals surface area (Å²) in [5.74, 6) is 0.362. The van der Waals surface area contributed by atoms with Gasteiger partial charge in [0.05, 0.1) is 0 Å². The van der Waals surface area contributed by atoms with Crippen molar-refractivity contribution in [3.8, 4) is 0 Å². The van der Waals surface area contributed by atoms with Crippen molar-refractivity contribution in [2.24, 2.45) is 0 Å². The van der Waals surface area contributed by atoms with Gasteiger partial charge < -0.3 is 5.11 Å². The van der Waals surface area contributed by atoms with Gasteiger partial charge in [0.15, 0.2) is 0 Å². The molecule has 0 saturated heterocycles. The Bertz CT molecular complexity index is 209. The number of allylic oxidation sites excluding steroid dienone is 3. The first-order valence-corrected chi connectivity index (χ1v) is 3.31. The van der Waals surface area contributed by atoms with E-state index in [4.69, 9.17) is 0 Å². The van der Waals surface area contributed by atoms with Crippen molar-refractivity contribution in [2.45, 2.75) is 13.3 Å². The van der Waals surface area contributed by atoms with Crippen LogP contribution < -0.4 is 0 Å². The van der Waals surface area contributed by atoms with E-state index < -0.39 is 0 Å². The fourth-order valence-electron chi connectivity index (χ4n) is 0.964. The van der Waals surface area contributed by atoms with Crippen molar-refractivity contribution in [3.05, 3.63) is 42.1 Å². The molecule has 0 amide bonds. The molecule has 0 spiro atoms. The van der Waals surface area contributed by atoms with Crippen molar-refractivity contribution < 1.29 is 5.11 Å². The van der Waals surface area contributed by atoms with Crippen molar-refractivity contribution in [3.63, 3.8) is 0 Å². The first-order valence-electron chi connectivity index (χ1n) is 3.31. The lowest BCUT2D eigenvalue weighted by molar-refractivity contribution is 0.418. The van der Waals surface area contributed by atoms with Gasteiger partial charge in [-0.15, -0.1) is 0 Å². The molecule has 1 N–H and O–H groups in total. The van der Waals surface area contributed by atoms with E-state index in [1.54, 1.807) is 6.08 Å². The molecule has 1 rings (SSSR count). The molecule has 0 aromatic heterocycles. The summed E-state index contributed by atoms with van der Waals surface area (Å²) in [7, 11) is 0. The highest BCUT2D eigenvalue weighted by Gasteiger charge is 2.08. The molecule has 1 heteroatoms. The van der Waals surface area contributed by atoms with Crippen LogP contribution in [0.1, 0.15) is 13.3 Å². The SMILES string of the molecule is C=CC1=CC[CH]C(C)=C1O. The molecule has 0 heterocycles. The van der Waals surface area contributed by atoms with E-state index in [0.29, 0.717) is 5.76 Å². The number of hydrogen-bond donors (Lipinski definition) is 1. The molecule has 0 aliphatic heterocycles. The van der Waals surface area contributed by atoms with Gasteiger partial charge in [-0.3, -0.25) is 0 Å². The van der Waals surface area contributed by atoms with Crippen LogP contribution in [0.4, 0.5) is 0 Å². The topological polar surface area (TPSA) is 20.2 Å². The zero-order chi connectivity index (χ0) is 7.56. The maximum absolute atomic E-state index is 9.35. The predicted molar refractivity (Wildman–Crippen MR) is 42.5 cm³/mol. The Hall–Kier alpha value is -0.980. The van der Waals surface area contributed by atoms with Crippen LogP contribution in [-0.4, -0.2) is 5.11 Å². The highest BCUT2D eigenvalue weighted by molar-refractivity contribution is 5.42. The summed E-state index contributed by atoms with van der Waals surface area (Å²) in [5.41, 5.74) is 1.79. The standard InChI is InChI=1S/C9H11O/c1-3-8-6-4-5-7(2)9(8)10/h3,5-6,10H,1,4H2,2H3. The average Bonchev–Trinajstić information content (AvgIpc) is 1.95. The molecule has 1 nitrogen and oxygen atoms in total. The minimum atomic E-state index is 0.362. The second kappa shape index (κ2) is 2.74. The molecule has 10 heavy (non-hydrogen) atoms. The van der Waals surface area contributed by atoms with Gasteiger partial charge in [0.25, 0.3) is 0 Å². The zero-order valence-electron chi connectivity index (χ0n) is 6.09. The van der Waals surface area contributed by atoms with Gasteiger partial charge in [0.2, 0.25) is 0 Å². The molecule has 0 bridgehead atoms. The molecule has 1 aliphatic rings. The molecule has 1 radical (unpaired) electrons. The van der Waals surface area contributed by atoms with Gasteiger partial charge in [-0.2, -0.15) is 0 Å². The summed E-state index contributed by atoms with van der Waals surface area (Å²) in [6.45, 7) is 5.49. The van der Waals surface area contributed by atoms with Crippen LogP contribution in [0, 0.1) is 6.42 Å². The fraction of sp³-hybridized carbons (Fsp3) is 0.222. The van der Waals surface area contributed by atoms with Gasteiger partial charge >= 0.3 is 0 Å². The first kappa shape index (κ1) is 7.13. The smallest absolute Gasteiger partial charge is 0.121 e. The quantitative estimate of drug-likeness (QED) is 0.585. The summed E-state index contributed by atoms with van der Waals surface area (Å²) >= 11 is 0. The Morgan fingerprint density at radius 1 is 1.70 bits per heavy atom. The lowest BCUT2D eigenvalue weighted by atomic mass is 9.99. The first-order chi connectivity index (χ1) is 4.75. The van der Waals surface area contributed by atoms with E-state index in [9.17, 15) is 5.11 Å². The summed E-state index contributed by atoms with van der Waals surface area (Å²) in [5, 5.41) is 9.35. The van der Waals surface area contributed by atoms with E-state index in [-0.39, 0.29) is 0 Å². The minimum absolute atomic E-state index is 0.362. The van der Waals surface area contributed by atoms with Gasteiger partial charge in [0.1, 0.15) is 5.76 Å². The highest BCUT2D eigenvalue weighted by atomic mass is 16.3. The van der Waals surface area contributed by atoms with Crippen molar-refractivity contribution >= 4 is 0 Å². The molecule has 0 saturated carbocycles. The highest BCUT2D eigenvalue weighted by Crippen LogP contribution is 2.22. The Kier molecular flexibility index (Phi) is 1.95. The Labute approximate surface area is 61.4 Å². The number of hydrogen-bond acceptors (Lipinski definition) is 1. The third-order valence-corrected chi connectivity index (χ3v) is 1.63. The molecule has 0 fully saturated rings. The van der Waals surface area contributed by atoms with Crippen LogP contribution in [0.25, 0.3) is 0 Å². The molecular formula is C9H11O. The lowest BCUT2D eigenvalue weighted by Gasteiger charge is -2.10. The average molecular weight is 135 g/mol. The van der Waals surface area contributed by atoms with Crippen molar-refractivity contribution in [1.82, 2.24) is 0 Å². The van der Waals surface area contributed by atoms with Crippen LogP contribution in [0.15, 0.2) is 35.6 Å². The van der Waals surface area contributed by atoms with Crippen LogP contribution >= 0.6 is 0 Å². The Morgan fingerprint density at radius 2 is 2.40 bits per heavy atom. The van der Waals surface area contributed by atoms with E-state index >= 15 is 0 Å². The molecule has 0 aromatic carbocycles. The summed E-state index contributed by atoms with van der Waals surface area (Å²) in [4.78, 5) is 0. The molecule has 0 aromatic rings. The molecular weight excluding hydrogens is 124 g/mol. The number of aliphatic hydroxyl groups excluding tert-OH is 1. The second-order valence-corrected chi connectivity index (χ2v) is 2.34. The van der Waals surface area contributed by atoms with Crippen LogP contribution in [0.2, 0.25) is 0 Å². The summed E-state index contributed by atoms with van der Waals surface area (Å²) in [6.07, 6.45) is 6.51. The maximum atomic E-state index is 9.35. The molecule has 53 valence electrons. The second-order valence-electron chi connectivity index (χ2n) is 2.34. The van der Waals surface area contributed by atoms with E-state index in [1.165, 1.54) is 0 Å². The van der Waals surface area contributed by atoms with E-state index in [2.05, 4.69) is 6.58 Å².